The van der Waals surface area contributed by atoms with Crippen molar-refractivity contribution >= 4 is 5.97 Å². The zero-order chi connectivity index (χ0) is 10.6. The lowest BCUT2D eigenvalue weighted by atomic mass is 10.1. The molecule has 1 N–H and O–H groups in total. The number of rotatable bonds is 5. The summed E-state index contributed by atoms with van der Waals surface area (Å²) in [7, 11) is 0. The highest BCUT2D eigenvalue weighted by Crippen LogP contribution is 2.12. The zero-order valence-corrected chi connectivity index (χ0v) is 8.60. The van der Waals surface area contributed by atoms with E-state index in [-0.39, 0.29) is 6.42 Å². The standard InChI is InChI=1S/C10H16N2O2/c1-8(2)9-6-11-12(7-9)5-3-4-10(13)14/h6-8H,3-5H2,1-2H3,(H,13,14). The van der Waals surface area contributed by atoms with E-state index in [0.29, 0.717) is 18.9 Å². The maximum absolute atomic E-state index is 10.3. The summed E-state index contributed by atoms with van der Waals surface area (Å²) < 4.78 is 1.80. The topological polar surface area (TPSA) is 55.1 Å². The molecule has 0 aromatic carbocycles. The molecule has 1 aromatic heterocycles. The van der Waals surface area contributed by atoms with Gasteiger partial charge in [0.2, 0.25) is 0 Å². The molecule has 0 aliphatic rings. The summed E-state index contributed by atoms with van der Waals surface area (Å²) >= 11 is 0. The predicted octanol–water partition coefficient (Wildman–Crippen LogP) is 1.87. The smallest absolute Gasteiger partial charge is 0.303 e. The van der Waals surface area contributed by atoms with E-state index in [1.54, 1.807) is 4.68 Å². The maximum atomic E-state index is 10.3. The Hall–Kier alpha value is -1.32. The van der Waals surface area contributed by atoms with Crippen molar-refractivity contribution < 1.29 is 9.90 Å². The van der Waals surface area contributed by atoms with Crippen LogP contribution in [0, 0.1) is 0 Å². The second-order valence-electron chi connectivity index (χ2n) is 3.69. The van der Waals surface area contributed by atoms with Crippen molar-refractivity contribution in [3.63, 3.8) is 0 Å². The molecule has 14 heavy (non-hydrogen) atoms. The van der Waals surface area contributed by atoms with E-state index in [4.69, 9.17) is 5.11 Å². The van der Waals surface area contributed by atoms with Crippen molar-refractivity contribution in [3.05, 3.63) is 18.0 Å². The average Bonchev–Trinajstić information content (AvgIpc) is 2.52. The van der Waals surface area contributed by atoms with Crippen molar-refractivity contribution in [3.8, 4) is 0 Å². The number of aromatic nitrogens is 2. The van der Waals surface area contributed by atoms with Gasteiger partial charge in [0.15, 0.2) is 0 Å². The van der Waals surface area contributed by atoms with Gasteiger partial charge in [-0.2, -0.15) is 5.10 Å². The summed E-state index contributed by atoms with van der Waals surface area (Å²) in [5.74, 6) is -0.274. The fraction of sp³-hybridized carbons (Fsp3) is 0.600. The molecule has 1 rings (SSSR count). The van der Waals surface area contributed by atoms with Crippen LogP contribution in [0.15, 0.2) is 12.4 Å². The Morgan fingerprint density at radius 3 is 2.86 bits per heavy atom. The summed E-state index contributed by atoms with van der Waals surface area (Å²) in [5.41, 5.74) is 1.19. The van der Waals surface area contributed by atoms with E-state index in [1.165, 1.54) is 5.56 Å². The van der Waals surface area contributed by atoms with E-state index in [9.17, 15) is 4.79 Å². The van der Waals surface area contributed by atoms with Gasteiger partial charge in [0.25, 0.3) is 0 Å². The lowest BCUT2D eigenvalue weighted by Crippen LogP contribution is -2.02. The van der Waals surface area contributed by atoms with Crippen LogP contribution in [0.5, 0.6) is 0 Å². The summed E-state index contributed by atoms with van der Waals surface area (Å²) in [4.78, 5) is 10.3. The Labute approximate surface area is 83.5 Å². The first kappa shape index (κ1) is 10.8. The third kappa shape index (κ3) is 3.20. The molecular weight excluding hydrogens is 180 g/mol. The highest BCUT2D eigenvalue weighted by Gasteiger charge is 2.03. The monoisotopic (exact) mass is 196 g/mol. The quantitative estimate of drug-likeness (QED) is 0.782. The minimum absolute atomic E-state index is 0.205. The number of aryl methyl sites for hydroxylation is 1. The van der Waals surface area contributed by atoms with Crippen molar-refractivity contribution in [2.24, 2.45) is 0 Å². The van der Waals surface area contributed by atoms with Crippen LogP contribution >= 0.6 is 0 Å². The lowest BCUT2D eigenvalue weighted by Gasteiger charge is -1.99. The van der Waals surface area contributed by atoms with Gasteiger partial charge in [0.1, 0.15) is 0 Å². The number of hydrogen-bond donors (Lipinski definition) is 1. The van der Waals surface area contributed by atoms with Gasteiger partial charge in [0.05, 0.1) is 6.20 Å². The van der Waals surface area contributed by atoms with Crippen LogP contribution in [0.2, 0.25) is 0 Å². The maximum Gasteiger partial charge on any atom is 0.303 e. The van der Waals surface area contributed by atoms with Crippen molar-refractivity contribution in [1.82, 2.24) is 9.78 Å². The SMILES string of the molecule is CC(C)c1cnn(CCCC(=O)O)c1. The van der Waals surface area contributed by atoms with E-state index >= 15 is 0 Å². The van der Waals surface area contributed by atoms with E-state index < -0.39 is 5.97 Å². The lowest BCUT2D eigenvalue weighted by molar-refractivity contribution is -0.137. The Morgan fingerprint density at radius 2 is 2.36 bits per heavy atom. The van der Waals surface area contributed by atoms with Gasteiger partial charge in [-0.1, -0.05) is 13.8 Å². The first-order valence-electron chi connectivity index (χ1n) is 4.83. The molecule has 0 saturated heterocycles. The molecule has 0 radical (unpaired) electrons. The molecule has 78 valence electrons. The Morgan fingerprint density at radius 1 is 1.64 bits per heavy atom. The fourth-order valence-corrected chi connectivity index (χ4v) is 1.19. The second-order valence-corrected chi connectivity index (χ2v) is 3.69. The highest BCUT2D eigenvalue weighted by molar-refractivity contribution is 5.66. The van der Waals surface area contributed by atoms with E-state index in [2.05, 4.69) is 18.9 Å². The molecule has 0 bridgehead atoms. The zero-order valence-electron chi connectivity index (χ0n) is 8.60. The molecule has 0 unspecified atom stereocenters. The number of carbonyl (C=O) groups is 1. The van der Waals surface area contributed by atoms with Gasteiger partial charge in [-0.15, -0.1) is 0 Å². The molecule has 4 heteroatoms. The number of nitrogens with zero attached hydrogens (tertiary/aromatic N) is 2. The van der Waals surface area contributed by atoms with Gasteiger partial charge in [-0.25, -0.2) is 0 Å². The Bertz CT molecular complexity index is 305. The highest BCUT2D eigenvalue weighted by atomic mass is 16.4. The number of carboxylic acid groups (broad SMARTS) is 1. The van der Waals surface area contributed by atoms with E-state index in [1.807, 2.05) is 12.4 Å². The molecule has 1 aromatic rings. The molecule has 0 amide bonds. The normalized spacial score (nSPS) is 10.8. The van der Waals surface area contributed by atoms with Gasteiger partial charge in [-0.05, 0) is 17.9 Å². The molecule has 0 aliphatic carbocycles. The van der Waals surface area contributed by atoms with Gasteiger partial charge in [0, 0.05) is 19.2 Å². The average molecular weight is 196 g/mol. The van der Waals surface area contributed by atoms with Crippen LogP contribution in [0.4, 0.5) is 0 Å². The second kappa shape index (κ2) is 4.79. The number of hydrogen-bond acceptors (Lipinski definition) is 2. The predicted molar refractivity (Wildman–Crippen MR) is 53.2 cm³/mol. The molecule has 0 saturated carbocycles. The van der Waals surface area contributed by atoms with Gasteiger partial charge in [-0.3, -0.25) is 9.48 Å². The van der Waals surface area contributed by atoms with Crippen LogP contribution in [-0.2, 0) is 11.3 Å². The van der Waals surface area contributed by atoms with Crippen molar-refractivity contribution in [2.45, 2.75) is 39.2 Å². The molecule has 0 fully saturated rings. The van der Waals surface area contributed by atoms with Crippen LogP contribution in [0.3, 0.4) is 0 Å². The minimum atomic E-state index is -0.749. The third-order valence-corrected chi connectivity index (χ3v) is 2.10. The van der Waals surface area contributed by atoms with Crippen molar-refractivity contribution in [2.75, 3.05) is 0 Å². The first-order chi connectivity index (χ1) is 6.59. The summed E-state index contributed by atoms with van der Waals surface area (Å²) in [5, 5.41) is 12.6. The Kier molecular flexibility index (Phi) is 3.68. The van der Waals surface area contributed by atoms with Crippen LogP contribution in [0.25, 0.3) is 0 Å². The summed E-state index contributed by atoms with van der Waals surface area (Å²) in [6, 6.07) is 0. The summed E-state index contributed by atoms with van der Waals surface area (Å²) in [6.07, 6.45) is 4.66. The fourth-order valence-electron chi connectivity index (χ4n) is 1.19. The molecule has 0 aliphatic heterocycles. The van der Waals surface area contributed by atoms with Gasteiger partial charge < -0.3 is 5.11 Å². The largest absolute Gasteiger partial charge is 0.481 e. The van der Waals surface area contributed by atoms with Crippen molar-refractivity contribution in [1.29, 1.82) is 0 Å². The first-order valence-corrected chi connectivity index (χ1v) is 4.83. The summed E-state index contributed by atoms with van der Waals surface area (Å²) in [6.45, 7) is 4.90. The number of carboxylic acids is 1. The van der Waals surface area contributed by atoms with Gasteiger partial charge >= 0.3 is 5.97 Å². The van der Waals surface area contributed by atoms with E-state index in [0.717, 1.165) is 0 Å². The molecule has 1 heterocycles. The van der Waals surface area contributed by atoms with Crippen LogP contribution < -0.4 is 0 Å². The minimum Gasteiger partial charge on any atom is -0.481 e. The third-order valence-electron chi connectivity index (χ3n) is 2.10. The number of aliphatic carboxylic acids is 1. The molecule has 4 nitrogen and oxygen atoms in total. The Balaban J connectivity index is 2.40. The van der Waals surface area contributed by atoms with Crippen LogP contribution in [0.1, 0.15) is 38.2 Å². The van der Waals surface area contributed by atoms with Crippen LogP contribution in [-0.4, -0.2) is 20.9 Å². The molecule has 0 atom stereocenters. The molecular formula is C10H16N2O2. The molecule has 0 spiro atoms.